The molecule has 0 N–H and O–H groups in total. The van der Waals surface area contributed by atoms with Crippen LogP contribution in [0.15, 0.2) is 78.9 Å². The van der Waals surface area contributed by atoms with E-state index in [1.54, 1.807) is 18.2 Å². The van der Waals surface area contributed by atoms with Gasteiger partial charge in [0.25, 0.3) is 5.91 Å². The van der Waals surface area contributed by atoms with Crippen molar-refractivity contribution < 1.29 is 19.2 Å². The molecule has 0 spiro atoms. The number of methoxy groups -OCH3 is 1. The van der Waals surface area contributed by atoms with Gasteiger partial charge in [0.15, 0.2) is 6.10 Å². The summed E-state index contributed by atoms with van der Waals surface area (Å²) in [5.74, 6) is -0.514. The minimum atomic E-state index is -0.875. The van der Waals surface area contributed by atoms with Crippen molar-refractivity contribution in [3.63, 3.8) is 0 Å². The minimum Gasteiger partial charge on any atom is -0.497 e. The number of nitrogens with zero attached hydrogens (tertiary/aromatic N) is 2. The molecular formula is C25H22N2O4. The number of benzene rings is 3. The minimum absolute atomic E-state index is 0.250. The van der Waals surface area contributed by atoms with Crippen LogP contribution in [0.5, 0.6) is 5.75 Å². The third-order valence-electron chi connectivity index (χ3n) is 5.84. The molecule has 2 aliphatic heterocycles. The van der Waals surface area contributed by atoms with Gasteiger partial charge in [0.1, 0.15) is 11.7 Å². The lowest BCUT2D eigenvalue weighted by atomic mass is 9.90. The maximum absolute atomic E-state index is 13.6. The Morgan fingerprint density at radius 1 is 0.839 bits per heavy atom. The van der Waals surface area contributed by atoms with Crippen LogP contribution < -0.4 is 14.7 Å². The van der Waals surface area contributed by atoms with Crippen molar-refractivity contribution in [2.75, 3.05) is 17.1 Å². The first-order valence-electron chi connectivity index (χ1n) is 10.2. The largest absolute Gasteiger partial charge is 0.497 e. The Balaban J connectivity index is 1.58. The van der Waals surface area contributed by atoms with Crippen LogP contribution in [0.1, 0.15) is 17.2 Å². The molecule has 2 saturated heterocycles. The highest BCUT2D eigenvalue weighted by Crippen LogP contribution is 2.47. The van der Waals surface area contributed by atoms with E-state index in [0.29, 0.717) is 5.69 Å². The van der Waals surface area contributed by atoms with Crippen molar-refractivity contribution in [1.29, 1.82) is 0 Å². The zero-order chi connectivity index (χ0) is 21.5. The lowest BCUT2D eigenvalue weighted by Crippen LogP contribution is -2.37. The first-order valence-corrected chi connectivity index (χ1v) is 10.2. The van der Waals surface area contributed by atoms with Gasteiger partial charge in [-0.3, -0.25) is 14.4 Å². The number of fused-ring (bicyclic) bond motifs is 1. The van der Waals surface area contributed by atoms with E-state index in [-0.39, 0.29) is 11.8 Å². The SMILES string of the molecule is COc1ccc([C@H]2[C@@H]3C(=O)N(c4cccc(C)c4)C(=O)[C@H]3ON2c2ccccc2)cc1. The Morgan fingerprint density at radius 3 is 2.23 bits per heavy atom. The third kappa shape index (κ3) is 3.16. The zero-order valence-electron chi connectivity index (χ0n) is 17.3. The molecule has 3 aromatic carbocycles. The van der Waals surface area contributed by atoms with Crippen molar-refractivity contribution in [2.24, 2.45) is 5.92 Å². The average Bonchev–Trinajstić information content (AvgIpc) is 3.30. The molecule has 31 heavy (non-hydrogen) atoms. The topological polar surface area (TPSA) is 59.1 Å². The number of anilines is 2. The number of carbonyl (C=O) groups is 2. The van der Waals surface area contributed by atoms with Crippen molar-refractivity contribution >= 4 is 23.2 Å². The lowest BCUT2D eigenvalue weighted by molar-refractivity contribution is -0.126. The summed E-state index contributed by atoms with van der Waals surface area (Å²) in [5, 5.41) is 1.69. The molecular weight excluding hydrogens is 392 g/mol. The first-order chi connectivity index (χ1) is 15.1. The van der Waals surface area contributed by atoms with Crippen LogP contribution in [-0.2, 0) is 14.4 Å². The highest BCUT2D eigenvalue weighted by molar-refractivity contribution is 6.23. The number of aryl methyl sites for hydroxylation is 1. The molecule has 0 aromatic heterocycles. The summed E-state index contributed by atoms with van der Waals surface area (Å²) in [5.41, 5.74) is 3.23. The summed E-state index contributed by atoms with van der Waals surface area (Å²) < 4.78 is 5.28. The van der Waals surface area contributed by atoms with Crippen molar-refractivity contribution in [2.45, 2.75) is 19.1 Å². The fraction of sp³-hybridized carbons (Fsp3) is 0.200. The van der Waals surface area contributed by atoms with Gasteiger partial charge in [-0.25, -0.2) is 9.96 Å². The molecule has 3 atom stereocenters. The van der Waals surface area contributed by atoms with E-state index >= 15 is 0 Å². The van der Waals surface area contributed by atoms with E-state index < -0.39 is 18.1 Å². The molecule has 0 radical (unpaired) electrons. The normalized spacial score (nSPS) is 22.7. The summed E-state index contributed by atoms with van der Waals surface area (Å²) in [6.45, 7) is 1.93. The van der Waals surface area contributed by atoms with Gasteiger partial charge >= 0.3 is 0 Å². The molecule has 0 aliphatic carbocycles. The Labute approximate surface area is 180 Å². The predicted molar refractivity (Wildman–Crippen MR) is 117 cm³/mol. The van der Waals surface area contributed by atoms with Crippen LogP contribution in [0, 0.1) is 12.8 Å². The fourth-order valence-corrected chi connectivity index (χ4v) is 4.37. The summed E-state index contributed by atoms with van der Waals surface area (Å²) in [6, 6.07) is 24.0. The number of hydrogen-bond acceptors (Lipinski definition) is 5. The van der Waals surface area contributed by atoms with E-state index in [1.165, 1.54) is 4.90 Å². The quantitative estimate of drug-likeness (QED) is 0.603. The molecule has 2 aliphatic rings. The molecule has 2 heterocycles. The molecule has 0 unspecified atom stereocenters. The summed E-state index contributed by atoms with van der Waals surface area (Å²) in [7, 11) is 1.61. The van der Waals surface area contributed by atoms with E-state index in [1.807, 2.05) is 79.7 Å². The highest BCUT2D eigenvalue weighted by atomic mass is 16.7. The lowest BCUT2D eigenvalue weighted by Gasteiger charge is -2.28. The number of hydrogen-bond donors (Lipinski definition) is 0. The smallest absolute Gasteiger partial charge is 0.266 e. The average molecular weight is 414 g/mol. The van der Waals surface area contributed by atoms with E-state index in [4.69, 9.17) is 9.57 Å². The number of carbonyl (C=O) groups excluding carboxylic acids is 2. The number of hydroxylamine groups is 1. The molecule has 6 nitrogen and oxygen atoms in total. The zero-order valence-corrected chi connectivity index (χ0v) is 17.3. The Kier molecular flexibility index (Phi) is 4.71. The standard InChI is InChI=1S/C25H22N2O4/c1-16-7-6-10-19(15-16)26-24(28)21-22(17-11-13-20(30-2)14-12-17)27(31-23(21)25(26)29)18-8-4-3-5-9-18/h3-15,21-23H,1-2H3/t21-,22-,23-/m0/s1. The number of amides is 2. The van der Waals surface area contributed by atoms with Crippen LogP contribution >= 0.6 is 0 Å². The van der Waals surface area contributed by atoms with Gasteiger partial charge in [-0.05, 0) is 54.4 Å². The van der Waals surface area contributed by atoms with Gasteiger partial charge in [-0.15, -0.1) is 0 Å². The maximum atomic E-state index is 13.6. The number of imide groups is 1. The fourth-order valence-electron chi connectivity index (χ4n) is 4.37. The second-order valence-electron chi connectivity index (χ2n) is 7.78. The predicted octanol–water partition coefficient (Wildman–Crippen LogP) is 4.05. The van der Waals surface area contributed by atoms with Gasteiger partial charge in [0.2, 0.25) is 5.91 Å². The number of rotatable bonds is 4. The van der Waals surface area contributed by atoms with Crippen molar-refractivity contribution in [3.05, 3.63) is 90.0 Å². The maximum Gasteiger partial charge on any atom is 0.266 e. The van der Waals surface area contributed by atoms with Crippen LogP contribution in [0.4, 0.5) is 11.4 Å². The Bertz CT molecular complexity index is 1130. The second-order valence-corrected chi connectivity index (χ2v) is 7.78. The summed E-state index contributed by atoms with van der Waals surface area (Å²) in [6.07, 6.45) is -0.875. The monoisotopic (exact) mass is 414 g/mol. The summed E-state index contributed by atoms with van der Waals surface area (Å²) >= 11 is 0. The van der Waals surface area contributed by atoms with Gasteiger partial charge < -0.3 is 4.74 Å². The molecule has 0 bridgehead atoms. The van der Waals surface area contributed by atoms with Gasteiger partial charge in [0, 0.05) is 0 Å². The van der Waals surface area contributed by atoms with Crippen LogP contribution in [0.25, 0.3) is 0 Å². The molecule has 2 fully saturated rings. The number of para-hydroxylation sites is 1. The van der Waals surface area contributed by atoms with Crippen LogP contribution in [-0.4, -0.2) is 25.0 Å². The molecule has 156 valence electrons. The molecule has 0 saturated carbocycles. The summed E-state index contributed by atoms with van der Waals surface area (Å²) in [4.78, 5) is 34.3. The van der Waals surface area contributed by atoms with Crippen LogP contribution in [0.3, 0.4) is 0 Å². The van der Waals surface area contributed by atoms with E-state index in [2.05, 4.69) is 0 Å². The second kappa shape index (κ2) is 7.56. The third-order valence-corrected chi connectivity index (χ3v) is 5.84. The van der Waals surface area contributed by atoms with Gasteiger partial charge in [-0.2, -0.15) is 0 Å². The molecule has 3 aromatic rings. The van der Waals surface area contributed by atoms with Crippen molar-refractivity contribution in [1.82, 2.24) is 0 Å². The molecule has 5 rings (SSSR count). The van der Waals surface area contributed by atoms with Gasteiger partial charge in [0.05, 0.1) is 24.5 Å². The first kappa shape index (κ1) is 19.3. The van der Waals surface area contributed by atoms with E-state index in [9.17, 15) is 9.59 Å². The number of ether oxygens (including phenoxy) is 1. The van der Waals surface area contributed by atoms with Crippen molar-refractivity contribution in [3.8, 4) is 5.75 Å². The highest BCUT2D eigenvalue weighted by Gasteiger charge is 2.60. The van der Waals surface area contributed by atoms with E-state index in [0.717, 1.165) is 22.6 Å². The van der Waals surface area contributed by atoms with Gasteiger partial charge in [-0.1, -0.05) is 42.5 Å². The Hall–Kier alpha value is -3.64. The van der Waals surface area contributed by atoms with Crippen LogP contribution in [0.2, 0.25) is 0 Å². The Morgan fingerprint density at radius 2 is 1.55 bits per heavy atom. The molecule has 6 heteroatoms. The molecule has 2 amide bonds.